The summed E-state index contributed by atoms with van der Waals surface area (Å²) in [6.07, 6.45) is 9.54. The monoisotopic (exact) mass is 370 g/mol. The van der Waals surface area contributed by atoms with Crippen molar-refractivity contribution in [1.82, 2.24) is 0 Å². The van der Waals surface area contributed by atoms with Crippen LogP contribution in [0, 0.1) is 11.3 Å². The lowest BCUT2D eigenvalue weighted by Crippen LogP contribution is -2.40. The number of benzene rings is 1. The van der Waals surface area contributed by atoms with Crippen LogP contribution in [0.3, 0.4) is 0 Å². The number of carbonyl (C=O) groups excluding carboxylic acids is 1. The normalized spacial score (nSPS) is 24.4. The molecule has 3 rings (SSSR count). The van der Waals surface area contributed by atoms with Crippen molar-refractivity contribution in [2.75, 3.05) is 0 Å². The predicted molar refractivity (Wildman–Crippen MR) is 112 cm³/mol. The Morgan fingerprint density at radius 2 is 1.93 bits per heavy atom. The summed E-state index contributed by atoms with van der Waals surface area (Å²) in [5.74, 6) is 1.50. The van der Waals surface area contributed by atoms with Gasteiger partial charge in [-0.3, -0.25) is 4.79 Å². The molecule has 2 aliphatic rings. The maximum atomic E-state index is 12.2. The van der Waals surface area contributed by atoms with E-state index in [1.807, 2.05) is 6.07 Å². The highest BCUT2D eigenvalue weighted by Gasteiger charge is 2.46. The number of phenolic OH excluding ortho intramolecular Hbond substituents is 1. The minimum absolute atomic E-state index is 0.0730. The molecule has 2 heteroatoms. The topological polar surface area (TPSA) is 37.3 Å². The van der Waals surface area contributed by atoms with E-state index in [2.05, 4.69) is 40.7 Å². The first-order valence-corrected chi connectivity index (χ1v) is 11.0. The third-order valence-corrected chi connectivity index (χ3v) is 7.37. The molecule has 1 aromatic carbocycles. The molecule has 1 fully saturated rings. The first kappa shape index (κ1) is 20.4. The molecule has 0 radical (unpaired) electrons. The van der Waals surface area contributed by atoms with Crippen LogP contribution in [-0.4, -0.2) is 10.9 Å². The molecule has 0 amide bonds. The van der Waals surface area contributed by atoms with E-state index in [1.54, 1.807) is 0 Å². The Labute approximate surface area is 165 Å². The smallest absolute Gasteiger partial charge is 0.133 e. The van der Waals surface area contributed by atoms with Gasteiger partial charge in [-0.25, -0.2) is 0 Å². The Balaban J connectivity index is 1.92. The number of aromatic hydroxyl groups is 1. The molecule has 0 bridgehead atoms. The molecule has 1 saturated carbocycles. The molecule has 0 unspecified atom stereocenters. The number of rotatable bonds is 6. The van der Waals surface area contributed by atoms with Gasteiger partial charge in [0, 0.05) is 18.4 Å². The van der Waals surface area contributed by atoms with Gasteiger partial charge in [-0.05, 0) is 59.1 Å². The first-order chi connectivity index (χ1) is 12.7. The Kier molecular flexibility index (Phi) is 5.75. The van der Waals surface area contributed by atoms with Gasteiger partial charge in [0.1, 0.15) is 11.5 Å². The molecular weight excluding hydrogens is 332 g/mol. The molecule has 0 aromatic heterocycles. The lowest BCUT2D eigenvalue weighted by atomic mass is 9.56. The number of carbonyl (C=O) groups is 1. The Hall–Kier alpha value is -1.31. The van der Waals surface area contributed by atoms with Gasteiger partial charge in [0.25, 0.3) is 0 Å². The Morgan fingerprint density at radius 1 is 1.19 bits per heavy atom. The van der Waals surface area contributed by atoms with E-state index in [-0.39, 0.29) is 16.7 Å². The molecule has 0 aliphatic heterocycles. The van der Waals surface area contributed by atoms with Crippen LogP contribution >= 0.6 is 0 Å². The Bertz CT molecular complexity index is 699. The van der Waals surface area contributed by atoms with Crippen LogP contribution in [-0.2, 0) is 16.6 Å². The number of hydrogen-bond donors (Lipinski definition) is 1. The Morgan fingerprint density at radius 3 is 2.63 bits per heavy atom. The summed E-state index contributed by atoms with van der Waals surface area (Å²) in [5.41, 5.74) is 3.88. The second-order valence-electron chi connectivity index (χ2n) is 10.4. The number of Topliss-reactive ketones (excluding diaryl/α,β-unsaturated/α-hetero) is 1. The quantitative estimate of drug-likeness (QED) is 0.567. The lowest BCUT2D eigenvalue weighted by Gasteiger charge is -2.47. The summed E-state index contributed by atoms with van der Waals surface area (Å²) < 4.78 is 0. The van der Waals surface area contributed by atoms with Gasteiger partial charge >= 0.3 is 0 Å². The molecule has 2 atom stereocenters. The fraction of sp³-hybridized carbons (Fsp3) is 0.720. The predicted octanol–water partition coefficient (Wildman–Crippen LogP) is 6.68. The summed E-state index contributed by atoms with van der Waals surface area (Å²) in [6.45, 7) is 11.6. The fourth-order valence-electron chi connectivity index (χ4n) is 5.67. The van der Waals surface area contributed by atoms with Crippen molar-refractivity contribution >= 4 is 5.78 Å². The fourth-order valence-corrected chi connectivity index (χ4v) is 5.67. The van der Waals surface area contributed by atoms with Crippen LogP contribution in [0.1, 0.15) is 109 Å². The average Bonchev–Trinajstić information content (AvgIpc) is 2.57. The highest BCUT2D eigenvalue weighted by atomic mass is 16.3. The highest BCUT2D eigenvalue weighted by molar-refractivity contribution is 5.80. The number of unbranched alkanes of at least 4 members (excludes halogenated alkanes) is 3. The van der Waals surface area contributed by atoms with E-state index in [9.17, 15) is 9.90 Å². The number of hydrogen-bond acceptors (Lipinski definition) is 2. The van der Waals surface area contributed by atoms with Crippen LogP contribution in [0.15, 0.2) is 12.1 Å². The minimum atomic E-state index is 0.0730. The largest absolute Gasteiger partial charge is 0.508 e. The summed E-state index contributed by atoms with van der Waals surface area (Å²) in [6, 6.07) is 4.36. The van der Waals surface area contributed by atoms with Crippen LogP contribution in [0.25, 0.3) is 0 Å². The summed E-state index contributed by atoms with van der Waals surface area (Å²) >= 11 is 0. The highest BCUT2D eigenvalue weighted by Crippen LogP contribution is 2.55. The molecule has 1 N–H and O–H groups in total. The van der Waals surface area contributed by atoms with Gasteiger partial charge in [0.05, 0.1) is 0 Å². The van der Waals surface area contributed by atoms with Gasteiger partial charge in [-0.15, -0.1) is 0 Å². The molecule has 2 nitrogen and oxygen atoms in total. The van der Waals surface area contributed by atoms with Crippen molar-refractivity contribution in [3.05, 3.63) is 28.8 Å². The van der Waals surface area contributed by atoms with Crippen molar-refractivity contribution in [3.63, 3.8) is 0 Å². The average molecular weight is 371 g/mol. The summed E-state index contributed by atoms with van der Waals surface area (Å²) in [7, 11) is 0. The van der Waals surface area contributed by atoms with E-state index in [0.29, 0.717) is 30.3 Å². The summed E-state index contributed by atoms with van der Waals surface area (Å²) in [4.78, 5) is 12.2. The molecule has 0 heterocycles. The molecule has 0 spiro atoms. The lowest BCUT2D eigenvalue weighted by molar-refractivity contribution is -0.122. The zero-order chi connectivity index (χ0) is 19.8. The molecule has 150 valence electrons. The number of phenols is 1. The van der Waals surface area contributed by atoms with E-state index < -0.39 is 0 Å². The van der Waals surface area contributed by atoms with Gasteiger partial charge in [-0.1, -0.05) is 66.4 Å². The van der Waals surface area contributed by atoms with Crippen molar-refractivity contribution in [1.29, 1.82) is 0 Å². The maximum Gasteiger partial charge on any atom is 0.133 e. The van der Waals surface area contributed by atoms with Crippen molar-refractivity contribution < 1.29 is 9.90 Å². The van der Waals surface area contributed by atoms with Gasteiger partial charge < -0.3 is 5.11 Å². The minimum Gasteiger partial charge on any atom is -0.508 e. The second-order valence-corrected chi connectivity index (χ2v) is 10.4. The maximum absolute atomic E-state index is 12.2. The van der Waals surface area contributed by atoms with Crippen molar-refractivity contribution in [2.24, 2.45) is 11.3 Å². The second kappa shape index (κ2) is 7.60. The van der Waals surface area contributed by atoms with Crippen LogP contribution in [0.4, 0.5) is 0 Å². The standard InChI is InChI=1S/C25H38O2/c1-6-7-8-9-12-24(2,3)18-13-17-16-25(4,5)21-11-10-19(26)15-20(21)23(17)22(27)14-18/h13-14,20-21,27H,6-12,15-16H2,1-5H3/t20-,21-/m1/s1. The molecule has 0 saturated heterocycles. The van der Waals surface area contributed by atoms with E-state index in [0.717, 1.165) is 24.8 Å². The number of ketones is 1. The van der Waals surface area contributed by atoms with E-state index >= 15 is 0 Å². The SMILES string of the molecule is CCCCCCC(C)(C)c1cc(O)c2c(c1)CC(C)(C)[C@@H]1CCC(=O)C[C@@H]21. The van der Waals surface area contributed by atoms with Crippen LogP contribution < -0.4 is 0 Å². The molecule has 27 heavy (non-hydrogen) atoms. The summed E-state index contributed by atoms with van der Waals surface area (Å²) in [5, 5.41) is 11.0. The first-order valence-electron chi connectivity index (χ1n) is 11.0. The van der Waals surface area contributed by atoms with Crippen LogP contribution in [0.2, 0.25) is 0 Å². The van der Waals surface area contributed by atoms with Gasteiger partial charge in [0.2, 0.25) is 0 Å². The van der Waals surface area contributed by atoms with Gasteiger partial charge in [-0.2, -0.15) is 0 Å². The van der Waals surface area contributed by atoms with E-state index in [4.69, 9.17) is 0 Å². The molecular formula is C25H38O2. The van der Waals surface area contributed by atoms with Gasteiger partial charge in [0.15, 0.2) is 0 Å². The van der Waals surface area contributed by atoms with E-state index in [1.165, 1.54) is 36.8 Å². The van der Waals surface area contributed by atoms with Crippen LogP contribution in [0.5, 0.6) is 5.75 Å². The molecule has 2 aliphatic carbocycles. The van der Waals surface area contributed by atoms with Crippen molar-refractivity contribution in [3.8, 4) is 5.75 Å². The van der Waals surface area contributed by atoms with Crippen molar-refractivity contribution in [2.45, 2.75) is 104 Å². The number of fused-ring (bicyclic) bond motifs is 3. The zero-order valence-corrected chi connectivity index (χ0v) is 18.0. The third kappa shape index (κ3) is 4.10. The zero-order valence-electron chi connectivity index (χ0n) is 18.0. The third-order valence-electron chi connectivity index (χ3n) is 7.37. The molecule has 1 aromatic rings.